The van der Waals surface area contributed by atoms with Crippen LogP contribution in [0.4, 0.5) is 4.39 Å². The molecule has 1 aliphatic heterocycles. The van der Waals surface area contributed by atoms with E-state index < -0.39 is 52.2 Å². The molecule has 1 aliphatic rings. The lowest BCUT2D eigenvalue weighted by molar-refractivity contribution is -0.0416. The summed E-state index contributed by atoms with van der Waals surface area (Å²) < 4.78 is 46.3. The third kappa shape index (κ3) is 3.56. The van der Waals surface area contributed by atoms with Gasteiger partial charge in [0.05, 0.1) is 19.1 Å². The zero-order chi connectivity index (χ0) is 15.8. The van der Waals surface area contributed by atoms with E-state index in [4.69, 9.17) is 14.0 Å². The van der Waals surface area contributed by atoms with Crippen LogP contribution in [-0.2, 0) is 19.0 Å². The maximum atomic E-state index is 13.2. The summed E-state index contributed by atoms with van der Waals surface area (Å²) in [6, 6.07) is 0. The van der Waals surface area contributed by atoms with Crippen molar-refractivity contribution >= 4 is 10.1 Å². The molecule has 0 unspecified atom stereocenters. The number of rotatable bonds is 4. The maximum Gasteiger partial charge on any atom is 0.330 e. The van der Waals surface area contributed by atoms with E-state index >= 15 is 0 Å². The molecule has 2 rings (SSSR count). The number of aromatic nitrogens is 2. The highest BCUT2D eigenvalue weighted by Gasteiger charge is 2.39. The van der Waals surface area contributed by atoms with Gasteiger partial charge in [-0.3, -0.25) is 18.5 Å². The molecule has 11 heteroatoms. The van der Waals surface area contributed by atoms with Crippen LogP contribution >= 0.6 is 0 Å². The predicted octanol–water partition coefficient (Wildman–Crippen LogP) is -1.70. The predicted molar refractivity (Wildman–Crippen MR) is 66.6 cm³/mol. The average Bonchev–Trinajstić information content (AvgIpc) is 2.74. The van der Waals surface area contributed by atoms with Crippen molar-refractivity contribution in [1.82, 2.24) is 9.55 Å². The molecule has 118 valence electrons. The Morgan fingerprint density at radius 2 is 2.24 bits per heavy atom. The summed E-state index contributed by atoms with van der Waals surface area (Å²) in [4.78, 5) is 24.3. The van der Waals surface area contributed by atoms with Gasteiger partial charge in [0.15, 0.2) is 0 Å². The van der Waals surface area contributed by atoms with Crippen LogP contribution in [0.5, 0.6) is 0 Å². The number of aliphatic hydroxyl groups is 1. The van der Waals surface area contributed by atoms with Gasteiger partial charge < -0.3 is 9.84 Å². The Balaban J connectivity index is 2.29. The largest absolute Gasteiger partial charge is 0.394 e. The Kier molecular flexibility index (Phi) is 4.27. The smallest absolute Gasteiger partial charge is 0.330 e. The number of aliphatic hydroxyl groups excluding tert-OH is 1. The van der Waals surface area contributed by atoms with E-state index in [1.54, 1.807) is 4.98 Å². The van der Waals surface area contributed by atoms with Crippen LogP contribution in [0.25, 0.3) is 0 Å². The van der Waals surface area contributed by atoms with Gasteiger partial charge in [-0.25, -0.2) is 4.79 Å². The second-order valence-electron chi connectivity index (χ2n) is 4.53. The molecule has 0 saturated carbocycles. The fraction of sp³-hybridized carbons (Fsp3) is 0.600. The van der Waals surface area contributed by atoms with Crippen LogP contribution in [0, 0.1) is 5.82 Å². The second-order valence-corrected chi connectivity index (χ2v) is 6.13. The highest BCUT2D eigenvalue weighted by atomic mass is 32.2. The first-order valence-corrected chi connectivity index (χ1v) is 7.68. The van der Waals surface area contributed by atoms with Gasteiger partial charge in [0.2, 0.25) is 5.82 Å². The molecule has 0 bridgehead atoms. The van der Waals surface area contributed by atoms with Gasteiger partial charge in [-0.15, -0.1) is 0 Å². The fourth-order valence-electron chi connectivity index (χ4n) is 2.04. The summed E-state index contributed by atoms with van der Waals surface area (Å²) in [5.41, 5.74) is -2.08. The lowest BCUT2D eigenvalue weighted by atomic mass is 10.2. The van der Waals surface area contributed by atoms with Crippen LogP contribution in [-0.4, -0.2) is 48.1 Å². The first kappa shape index (κ1) is 15.8. The minimum atomic E-state index is -3.79. The molecule has 2 heterocycles. The van der Waals surface area contributed by atoms with E-state index in [-0.39, 0.29) is 6.42 Å². The zero-order valence-electron chi connectivity index (χ0n) is 10.9. The molecule has 1 fully saturated rings. The van der Waals surface area contributed by atoms with Crippen molar-refractivity contribution < 1.29 is 26.8 Å². The number of hydrogen-bond acceptors (Lipinski definition) is 7. The zero-order valence-corrected chi connectivity index (χ0v) is 11.7. The Bertz CT molecular complexity index is 741. The normalized spacial score (nSPS) is 26.1. The third-order valence-electron chi connectivity index (χ3n) is 2.89. The topological polar surface area (TPSA) is 128 Å². The highest BCUT2D eigenvalue weighted by Crippen LogP contribution is 2.30. The van der Waals surface area contributed by atoms with E-state index in [0.29, 0.717) is 6.20 Å². The molecular weight excluding hydrogens is 311 g/mol. The van der Waals surface area contributed by atoms with Crippen molar-refractivity contribution in [3.8, 4) is 0 Å². The second kappa shape index (κ2) is 5.67. The first-order valence-electron chi connectivity index (χ1n) is 5.87. The fourth-order valence-corrected chi connectivity index (χ4v) is 2.69. The Labute approximate surface area is 118 Å². The maximum absolute atomic E-state index is 13.2. The lowest BCUT2D eigenvalue weighted by Gasteiger charge is -2.14. The standard InChI is InChI=1S/C10H13FN2O7S/c1-21(17,18)20-6-2-8(19-7(6)4-14)13-3-5(11)9(15)12-10(13)16/h3,6-8,14H,2,4H2,1H3,(H,12,15,16)/t6-,7-,8+/m1/s1. The molecule has 1 saturated heterocycles. The van der Waals surface area contributed by atoms with Crippen molar-refractivity contribution in [2.45, 2.75) is 24.9 Å². The molecule has 3 atom stereocenters. The average molecular weight is 324 g/mol. The summed E-state index contributed by atoms with van der Waals surface area (Å²) in [7, 11) is -3.79. The Morgan fingerprint density at radius 1 is 1.57 bits per heavy atom. The highest BCUT2D eigenvalue weighted by molar-refractivity contribution is 7.86. The quantitative estimate of drug-likeness (QED) is 0.632. The van der Waals surface area contributed by atoms with E-state index in [2.05, 4.69) is 0 Å². The summed E-state index contributed by atoms with van der Waals surface area (Å²) in [5, 5.41) is 9.15. The number of hydrogen-bond donors (Lipinski definition) is 2. The molecule has 0 aliphatic carbocycles. The Hall–Kier alpha value is -1.56. The van der Waals surface area contributed by atoms with Crippen molar-refractivity contribution in [3.63, 3.8) is 0 Å². The van der Waals surface area contributed by atoms with Gasteiger partial charge >= 0.3 is 5.69 Å². The number of halogens is 1. The molecular formula is C10H13FN2O7S. The van der Waals surface area contributed by atoms with E-state index in [1.807, 2.05) is 0 Å². The molecule has 0 spiro atoms. The number of nitrogens with one attached hydrogen (secondary N) is 1. The van der Waals surface area contributed by atoms with Gasteiger partial charge in [-0.2, -0.15) is 12.8 Å². The SMILES string of the molecule is CS(=O)(=O)O[C@@H]1C[C@@H](n2cc(F)c(=O)[nH]c2=O)O[C@@H]1CO. The molecule has 1 aromatic rings. The molecule has 21 heavy (non-hydrogen) atoms. The minimum Gasteiger partial charge on any atom is -0.394 e. The van der Waals surface area contributed by atoms with E-state index in [0.717, 1.165) is 10.8 Å². The van der Waals surface area contributed by atoms with Gasteiger partial charge in [-0.05, 0) is 0 Å². The van der Waals surface area contributed by atoms with Crippen LogP contribution in [0.15, 0.2) is 15.8 Å². The molecule has 9 nitrogen and oxygen atoms in total. The van der Waals surface area contributed by atoms with Gasteiger partial charge in [0, 0.05) is 6.42 Å². The summed E-state index contributed by atoms with van der Waals surface area (Å²) in [6.07, 6.45) is -1.69. The van der Waals surface area contributed by atoms with Crippen LogP contribution in [0.1, 0.15) is 12.6 Å². The van der Waals surface area contributed by atoms with Crippen LogP contribution in [0.2, 0.25) is 0 Å². The number of nitrogens with zero attached hydrogens (tertiary/aromatic N) is 1. The Morgan fingerprint density at radius 3 is 2.81 bits per heavy atom. The van der Waals surface area contributed by atoms with E-state index in [9.17, 15) is 22.4 Å². The van der Waals surface area contributed by atoms with Crippen molar-refractivity contribution in [2.24, 2.45) is 0 Å². The summed E-state index contributed by atoms with van der Waals surface area (Å²) in [6.45, 7) is -0.544. The third-order valence-corrected chi connectivity index (χ3v) is 3.49. The van der Waals surface area contributed by atoms with E-state index in [1.165, 1.54) is 0 Å². The monoisotopic (exact) mass is 324 g/mol. The first-order chi connectivity index (χ1) is 9.71. The van der Waals surface area contributed by atoms with Crippen molar-refractivity contribution in [1.29, 1.82) is 0 Å². The van der Waals surface area contributed by atoms with Gasteiger partial charge in [-0.1, -0.05) is 0 Å². The van der Waals surface area contributed by atoms with Crippen molar-refractivity contribution in [3.05, 3.63) is 32.9 Å². The molecule has 0 radical (unpaired) electrons. The number of H-pyrrole nitrogens is 1. The number of ether oxygens (including phenoxy) is 1. The van der Waals surface area contributed by atoms with Crippen LogP contribution in [0.3, 0.4) is 0 Å². The van der Waals surface area contributed by atoms with Crippen LogP contribution < -0.4 is 11.2 Å². The van der Waals surface area contributed by atoms with Gasteiger partial charge in [0.25, 0.3) is 15.7 Å². The summed E-state index contributed by atoms with van der Waals surface area (Å²) in [5.74, 6) is -1.19. The summed E-state index contributed by atoms with van der Waals surface area (Å²) >= 11 is 0. The minimum absolute atomic E-state index is 0.107. The number of aromatic amines is 1. The van der Waals surface area contributed by atoms with Crippen molar-refractivity contribution in [2.75, 3.05) is 12.9 Å². The molecule has 2 N–H and O–H groups in total. The lowest BCUT2D eigenvalue weighted by Crippen LogP contribution is -2.34. The molecule has 0 aromatic carbocycles. The van der Waals surface area contributed by atoms with Gasteiger partial charge in [0.1, 0.15) is 18.4 Å². The molecule has 1 aromatic heterocycles. The molecule has 0 amide bonds.